The second-order valence-corrected chi connectivity index (χ2v) is 6.01. The third kappa shape index (κ3) is 2.66. The van der Waals surface area contributed by atoms with Crippen LogP contribution in [0, 0.1) is 0 Å². The van der Waals surface area contributed by atoms with E-state index >= 15 is 0 Å². The van der Waals surface area contributed by atoms with Crippen molar-refractivity contribution in [2.45, 2.75) is 38.1 Å². The van der Waals surface area contributed by atoms with E-state index in [9.17, 15) is 0 Å². The maximum atomic E-state index is 6.62. The summed E-state index contributed by atoms with van der Waals surface area (Å²) in [6.07, 6.45) is 8.45. The predicted octanol–water partition coefficient (Wildman–Crippen LogP) is 3.19. The number of aryl methyl sites for hydroxylation is 2. The van der Waals surface area contributed by atoms with Gasteiger partial charge in [0.1, 0.15) is 5.75 Å². The zero-order valence-electron chi connectivity index (χ0n) is 12.7. The highest BCUT2D eigenvalue weighted by Gasteiger charge is 2.26. The number of aromatic nitrogens is 1. The van der Waals surface area contributed by atoms with Crippen molar-refractivity contribution in [3.63, 3.8) is 0 Å². The maximum Gasteiger partial charge on any atom is 0.137 e. The summed E-state index contributed by atoms with van der Waals surface area (Å²) in [6.45, 7) is 2.04. The number of pyridine rings is 1. The van der Waals surface area contributed by atoms with Crippen LogP contribution in [0.1, 0.15) is 42.0 Å². The molecule has 0 radical (unpaired) electrons. The second kappa shape index (κ2) is 5.49. The number of nitrogens with zero attached hydrogens (tertiary/aromatic N) is 1. The van der Waals surface area contributed by atoms with Crippen molar-refractivity contribution >= 4 is 0 Å². The normalized spacial score (nSPS) is 16.9. The number of methoxy groups -OCH3 is 1. The summed E-state index contributed by atoms with van der Waals surface area (Å²) >= 11 is 0. The zero-order valence-corrected chi connectivity index (χ0v) is 12.7. The first-order valence-electron chi connectivity index (χ1n) is 7.52. The van der Waals surface area contributed by atoms with Gasteiger partial charge in [0.15, 0.2) is 0 Å². The summed E-state index contributed by atoms with van der Waals surface area (Å²) < 4.78 is 5.26. The van der Waals surface area contributed by atoms with Crippen LogP contribution in [0.3, 0.4) is 0 Å². The SMILES string of the molecule is COc1cncc(C(C)(N)c2ccc3c(c2)CCCC3)c1. The van der Waals surface area contributed by atoms with Crippen molar-refractivity contribution in [3.8, 4) is 5.75 Å². The van der Waals surface area contributed by atoms with E-state index < -0.39 is 5.54 Å². The van der Waals surface area contributed by atoms with Gasteiger partial charge in [0, 0.05) is 6.20 Å². The van der Waals surface area contributed by atoms with Gasteiger partial charge in [0.25, 0.3) is 0 Å². The number of hydrogen-bond donors (Lipinski definition) is 1. The molecule has 0 amide bonds. The number of benzene rings is 1. The van der Waals surface area contributed by atoms with Gasteiger partial charge >= 0.3 is 0 Å². The molecule has 2 aromatic rings. The van der Waals surface area contributed by atoms with Crippen molar-refractivity contribution in [2.75, 3.05) is 7.11 Å². The van der Waals surface area contributed by atoms with Crippen LogP contribution in [0.5, 0.6) is 5.75 Å². The number of hydrogen-bond acceptors (Lipinski definition) is 3. The topological polar surface area (TPSA) is 48.1 Å². The molecular formula is C18H22N2O. The van der Waals surface area contributed by atoms with Crippen LogP contribution in [0.15, 0.2) is 36.7 Å². The molecule has 3 rings (SSSR count). The lowest BCUT2D eigenvalue weighted by Gasteiger charge is -2.28. The molecular weight excluding hydrogens is 260 g/mol. The smallest absolute Gasteiger partial charge is 0.137 e. The van der Waals surface area contributed by atoms with Crippen LogP contribution < -0.4 is 10.5 Å². The Morgan fingerprint density at radius 1 is 1.05 bits per heavy atom. The average Bonchev–Trinajstić information content (AvgIpc) is 2.54. The van der Waals surface area contributed by atoms with E-state index in [-0.39, 0.29) is 0 Å². The van der Waals surface area contributed by atoms with Gasteiger partial charge in [-0.05, 0) is 60.9 Å². The van der Waals surface area contributed by atoms with Crippen LogP contribution >= 0.6 is 0 Å². The lowest BCUT2D eigenvalue weighted by Crippen LogP contribution is -2.34. The molecule has 1 aliphatic rings. The minimum absolute atomic E-state index is 0.561. The molecule has 1 aromatic carbocycles. The van der Waals surface area contributed by atoms with Crippen molar-refractivity contribution in [2.24, 2.45) is 5.73 Å². The monoisotopic (exact) mass is 282 g/mol. The lowest BCUT2D eigenvalue weighted by atomic mass is 9.82. The molecule has 1 heterocycles. The molecule has 0 saturated heterocycles. The summed E-state index contributed by atoms with van der Waals surface area (Å²) in [4.78, 5) is 4.23. The van der Waals surface area contributed by atoms with Gasteiger partial charge in [-0.1, -0.05) is 18.2 Å². The fourth-order valence-electron chi connectivity index (χ4n) is 3.04. The van der Waals surface area contributed by atoms with Gasteiger partial charge < -0.3 is 10.5 Å². The van der Waals surface area contributed by atoms with Crippen LogP contribution in [-0.2, 0) is 18.4 Å². The Hall–Kier alpha value is -1.87. The fourth-order valence-corrected chi connectivity index (χ4v) is 3.04. The number of ether oxygens (including phenoxy) is 1. The van der Waals surface area contributed by atoms with E-state index in [1.54, 1.807) is 13.3 Å². The van der Waals surface area contributed by atoms with Gasteiger partial charge in [-0.25, -0.2) is 0 Å². The van der Waals surface area contributed by atoms with Crippen molar-refractivity contribution in [3.05, 3.63) is 58.9 Å². The molecule has 3 nitrogen and oxygen atoms in total. The molecule has 0 aliphatic heterocycles. The summed E-state index contributed by atoms with van der Waals surface area (Å²) in [5.74, 6) is 0.738. The fraction of sp³-hybridized carbons (Fsp3) is 0.389. The van der Waals surface area contributed by atoms with E-state index in [0.29, 0.717) is 0 Å². The van der Waals surface area contributed by atoms with E-state index in [1.165, 1.54) is 30.4 Å². The average molecular weight is 282 g/mol. The van der Waals surface area contributed by atoms with Gasteiger partial charge in [-0.3, -0.25) is 4.98 Å². The first-order chi connectivity index (χ1) is 10.1. The first kappa shape index (κ1) is 14.1. The van der Waals surface area contributed by atoms with Crippen molar-refractivity contribution < 1.29 is 4.74 Å². The van der Waals surface area contributed by atoms with Gasteiger partial charge in [0.2, 0.25) is 0 Å². The number of nitrogens with two attached hydrogens (primary N) is 1. The Balaban J connectivity index is 2.00. The molecule has 0 spiro atoms. The van der Waals surface area contributed by atoms with Crippen LogP contribution in [0.25, 0.3) is 0 Å². The molecule has 2 N–H and O–H groups in total. The Labute approximate surface area is 126 Å². The van der Waals surface area contributed by atoms with E-state index in [1.807, 2.05) is 19.2 Å². The Kier molecular flexibility index (Phi) is 3.68. The Morgan fingerprint density at radius 3 is 2.57 bits per heavy atom. The van der Waals surface area contributed by atoms with Gasteiger partial charge in [0.05, 0.1) is 18.8 Å². The molecule has 1 aliphatic carbocycles. The Morgan fingerprint density at radius 2 is 1.81 bits per heavy atom. The van der Waals surface area contributed by atoms with E-state index in [0.717, 1.165) is 23.3 Å². The molecule has 0 bridgehead atoms. The zero-order chi connectivity index (χ0) is 14.9. The number of fused-ring (bicyclic) bond motifs is 1. The molecule has 1 aromatic heterocycles. The van der Waals surface area contributed by atoms with Crippen molar-refractivity contribution in [1.29, 1.82) is 0 Å². The minimum atomic E-state index is -0.561. The summed E-state index contributed by atoms with van der Waals surface area (Å²) in [5.41, 5.74) is 11.1. The highest BCUT2D eigenvalue weighted by atomic mass is 16.5. The van der Waals surface area contributed by atoms with Crippen LogP contribution in [-0.4, -0.2) is 12.1 Å². The molecule has 21 heavy (non-hydrogen) atoms. The van der Waals surface area contributed by atoms with Crippen LogP contribution in [0.2, 0.25) is 0 Å². The molecule has 3 heteroatoms. The van der Waals surface area contributed by atoms with E-state index in [2.05, 4.69) is 23.2 Å². The highest BCUT2D eigenvalue weighted by Crippen LogP contribution is 2.31. The summed E-state index contributed by atoms with van der Waals surface area (Å²) in [5, 5.41) is 0. The first-order valence-corrected chi connectivity index (χ1v) is 7.52. The summed E-state index contributed by atoms with van der Waals surface area (Å²) in [6, 6.07) is 8.63. The number of rotatable bonds is 3. The van der Waals surface area contributed by atoms with Gasteiger partial charge in [-0.2, -0.15) is 0 Å². The van der Waals surface area contributed by atoms with Crippen LogP contribution in [0.4, 0.5) is 0 Å². The predicted molar refractivity (Wildman–Crippen MR) is 84.5 cm³/mol. The Bertz CT molecular complexity index is 649. The van der Waals surface area contributed by atoms with Gasteiger partial charge in [-0.15, -0.1) is 0 Å². The molecule has 110 valence electrons. The largest absolute Gasteiger partial charge is 0.495 e. The standard InChI is InChI=1S/C18H22N2O/c1-18(19,16-10-17(21-2)12-20-11-16)15-8-7-13-5-3-4-6-14(13)9-15/h7-12H,3-6,19H2,1-2H3. The van der Waals surface area contributed by atoms with Crippen molar-refractivity contribution in [1.82, 2.24) is 4.98 Å². The third-order valence-electron chi connectivity index (χ3n) is 4.50. The molecule has 0 saturated carbocycles. The highest BCUT2D eigenvalue weighted by molar-refractivity contribution is 5.43. The lowest BCUT2D eigenvalue weighted by molar-refractivity contribution is 0.410. The quantitative estimate of drug-likeness (QED) is 0.940. The molecule has 0 fully saturated rings. The molecule has 1 unspecified atom stereocenters. The van der Waals surface area contributed by atoms with E-state index in [4.69, 9.17) is 10.5 Å². The maximum absolute atomic E-state index is 6.62. The second-order valence-electron chi connectivity index (χ2n) is 6.01. The third-order valence-corrected chi connectivity index (χ3v) is 4.50. The molecule has 1 atom stereocenters. The minimum Gasteiger partial charge on any atom is -0.495 e. The summed E-state index contributed by atoms with van der Waals surface area (Å²) in [7, 11) is 1.65.